The molecule has 1 saturated heterocycles. The number of hydrogen-bond acceptors (Lipinski definition) is 4. The van der Waals surface area contributed by atoms with Gasteiger partial charge in [-0.2, -0.15) is 0 Å². The van der Waals surface area contributed by atoms with Crippen molar-refractivity contribution in [2.45, 2.75) is 12.5 Å². The molecule has 5 nitrogen and oxygen atoms in total. The molecule has 1 heterocycles. The molecule has 28 heavy (non-hydrogen) atoms. The third kappa shape index (κ3) is 5.81. The van der Waals surface area contributed by atoms with Gasteiger partial charge in [0.25, 0.3) is 0 Å². The van der Waals surface area contributed by atoms with Gasteiger partial charge in [0.1, 0.15) is 0 Å². The Hall–Kier alpha value is -2.37. The Balaban J connectivity index is 1.43. The van der Waals surface area contributed by atoms with E-state index in [4.69, 9.17) is 0 Å². The van der Waals surface area contributed by atoms with Crippen molar-refractivity contribution in [3.63, 3.8) is 0 Å². The quantitative estimate of drug-likeness (QED) is 0.715. The van der Waals surface area contributed by atoms with E-state index in [2.05, 4.69) is 52.5 Å². The van der Waals surface area contributed by atoms with Gasteiger partial charge in [0.2, 0.25) is 5.91 Å². The zero-order valence-electron chi connectivity index (χ0n) is 17.1. The van der Waals surface area contributed by atoms with Crippen molar-refractivity contribution in [1.29, 1.82) is 0 Å². The normalized spacial score (nSPS) is 18.0. The molecule has 2 aromatic rings. The van der Waals surface area contributed by atoms with Crippen molar-refractivity contribution < 1.29 is 4.79 Å². The molecular formula is C23H32N4O. The topological polar surface area (TPSA) is 38.8 Å². The molecule has 1 aliphatic rings. The molecule has 0 aliphatic carbocycles. The average Bonchev–Trinajstić information content (AvgIpc) is 2.73. The number of anilines is 1. The number of likely N-dealkylation sites (N-methyl/N-ethyl adjacent to an activating group) is 2. The highest BCUT2D eigenvalue weighted by molar-refractivity contribution is 5.81. The Morgan fingerprint density at radius 1 is 1.07 bits per heavy atom. The molecule has 1 atom stereocenters. The average molecular weight is 381 g/mol. The molecule has 1 amide bonds. The van der Waals surface area contributed by atoms with Crippen molar-refractivity contribution in [3.8, 4) is 0 Å². The summed E-state index contributed by atoms with van der Waals surface area (Å²) in [5, 5.41) is 3.07. The van der Waals surface area contributed by atoms with Crippen LogP contribution in [0.5, 0.6) is 0 Å². The summed E-state index contributed by atoms with van der Waals surface area (Å²) >= 11 is 0. The second kappa shape index (κ2) is 10.2. The first-order valence-electron chi connectivity index (χ1n) is 10.1. The number of amides is 1. The number of para-hydroxylation sites is 1. The Labute approximate surface area is 168 Å². The molecule has 1 unspecified atom stereocenters. The summed E-state index contributed by atoms with van der Waals surface area (Å²) in [5.41, 5.74) is 2.43. The monoisotopic (exact) mass is 380 g/mol. The molecule has 3 rings (SSSR count). The maximum atomic E-state index is 12.2. The van der Waals surface area contributed by atoms with Crippen LogP contribution in [0.4, 0.5) is 5.69 Å². The summed E-state index contributed by atoms with van der Waals surface area (Å²) in [6.45, 7) is 5.32. The van der Waals surface area contributed by atoms with Crippen LogP contribution in [0.25, 0.3) is 0 Å². The Bertz CT molecular complexity index is 722. The number of nitrogens with one attached hydrogen (secondary N) is 1. The van der Waals surface area contributed by atoms with Gasteiger partial charge in [0.15, 0.2) is 0 Å². The maximum Gasteiger partial charge on any atom is 0.239 e. The number of piperazine rings is 1. The standard InChI is InChI=1S/C23H32N4O/c1-25-16-17-27(22(18-25)20-10-5-3-6-11-20)15-9-14-24-23(28)19-26(2)21-12-7-4-8-13-21/h3-8,10-13,22H,9,14-19H2,1-2H3,(H,24,28). The highest BCUT2D eigenvalue weighted by Crippen LogP contribution is 2.24. The minimum absolute atomic E-state index is 0.0735. The van der Waals surface area contributed by atoms with Gasteiger partial charge in [0.05, 0.1) is 6.54 Å². The first-order chi connectivity index (χ1) is 13.6. The summed E-state index contributed by atoms with van der Waals surface area (Å²) in [5.74, 6) is 0.0735. The van der Waals surface area contributed by atoms with Crippen LogP contribution >= 0.6 is 0 Å². The molecule has 1 fully saturated rings. The predicted octanol–water partition coefficient (Wildman–Crippen LogP) is 2.62. The number of hydrogen-bond donors (Lipinski definition) is 1. The summed E-state index contributed by atoms with van der Waals surface area (Å²) in [6, 6.07) is 21.2. The second-order valence-electron chi connectivity index (χ2n) is 7.62. The molecule has 1 aliphatic heterocycles. The van der Waals surface area contributed by atoms with Gasteiger partial charge >= 0.3 is 0 Å². The van der Waals surface area contributed by atoms with Gasteiger partial charge in [-0.3, -0.25) is 9.69 Å². The SMILES string of the molecule is CN1CCN(CCCNC(=O)CN(C)c2ccccc2)C(c2ccccc2)C1. The first-order valence-corrected chi connectivity index (χ1v) is 10.1. The van der Waals surface area contributed by atoms with Crippen LogP contribution in [0.3, 0.4) is 0 Å². The first kappa shape index (κ1) is 20.4. The van der Waals surface area contributed by atoms with Crippen molar-refractivity contribution in [1.82, 2.24) is 15.1 Å². The predicted molar refractivity (Wildman–Crippen MR) is 116 cm³/mol. The van der Waals surface area contributed by atoms with Crippen molar-refractivity contribution >= 4 is 11.6 Å². The maximum absolute atomic E-state index is 12.2. The largest absolute Gasteiger partial charge is 0.365 e. The zero-order chi connectivity index (χ0) is 19.8. The lowest BCUT2D eigenvalue weighted by Crippen LogP contribution is -2.47. The minimum Gasteiger partial charge on any atom is -0.365 e. The second-order valence-corrected chi connectivity index (χ2v) is 7.62. The van der Waals surface area contributed by atoms with Gasteiger partial charge < -0.3 is 15.1 Å². The summed E-state index contributed by atoms with van der Waals surface area (Å²) in [7, 11) is 4.14. The fraction of sp³-hybridized carbons (Fsp3) is 0.435. The number of rotatable bonds is 8. The molecule has 0 spiro atoms. The molecule has 0 aromatic heterocycles. The zero-order valence-corrected chi connectivity index (χ0v) is 17.1. The number of carbonyl (C=O) groups excluding carboxylic acids is 1. The molecule has 1 N–H and O–H groups in total. The van der Waals surface area contributed by atoms with Crippen LogP contribution < -0.4 is 10.2 Å². The van der Waals surface area contributed by atoms with Crippen molar-refractivity contribution in [3.05, 3.63) is 66.2 Å². The van der Waals surface area contributed by atoms with Crippen LogP contribution in [-0.2, 0) is 4.79 Å². The summed E-state index contributed by atoms with van der Waals surface area (Å²) in [6.07, 6.45) is 0.966. The van der Waals surface area contributed by atoms with Gasteiger partial charge in [-0.15, -0.1) is 0 Å². The van der Waals surface area contributed by atoms with Gasteiger partial charge in [-0.1, -0.05) is 48.5 Å². The number of benzene rings is 2. The van der Waals surface area contributed by atoms with E-state index in [1.165, 1.54) is 5.56 Å². The van der Waals surface area contributed by atoms with E-state index < -0.39 is 0 Å². The number of carbonyl (C=O) groups is 1. The van der Waals surface area contributed by atoms with Crippen LogP contribution in [0, 0.1) is 0 Å². The smallest absolute Gasteiger partial charge is 0.239 e. The van der Waals surface area contributed by atoms with Gasteiger partial charge in [-0.25, -0.2) is 0 Å². The fourth-order valence-corrected chi connectivity index (χ4v) is 3.77. The molecular weight excluding hydrogens is 348 g/mol. The van der Waals surface area contributed by atoms with E-state index in [1.54, 1.807) is 0 Å². The van der Waals surface area contributed by atoms with Crippen LogP contribution in [0.1, 0.15) is 18.0 Å². The van der Waals surface area contributed by atoms with Crippen molar-refractivity contribution in [2.75, 3.05) is 58.3 Å². The Kier molecular flexibility index (Phi) is 7.46. The van der Waals surface area contributed by atoms with Gasteiger partial charge in [-0.05, 0) is 31.2 Å². The van der Waals surface area contributed by atoms with E-state index in [0.717, 1.165) is 44.8 Å². The van der Waals surface area contributed by atoms with E-state index in [0.29, 0.717) is 12.6 Å². The third-order valence-corrected chi connectivity index (χ3v) is 5.40. The van der Waals surface area contributed by atoms with E-state index in [1.807, 2.05) is 42.3 Å². The minimum atomic E-state index is 0.0735. The molecule has 0 saturated carbocycles. The summed E-state index contributed by atoms with van der Waals surface area (Å²) in [4.78, 5) is 19.2. The van der Waals surface area contributed by atoms with E-state index in [9.17, 15) is 4.79 Å². The lowest BCUT2D eigenvalue weighted by atomic mass is 10.0. The highest BCUT2D eigenvalue weighted by Gasteiger charge is 2.25. The van der Waals surface area contributed by atoms with Crippen LogP contribution in [0.15, 0.2) is 60.7 Å². The molecule has 0 bridgehead atoms. The van der Waals surface area contributed by atoms with Gasteiger partial charge in [0, 0.05) is 51.5 Å². The lowest BCUT2D eigenvalue weighted by molar-refractivity contribution is -0.119. The fourth-order valence-electron chi connectivity index (χ4n) is 3.77. The Morgan fingerprint density at radius 2 is 1.75 bits per heavy atom. The van der Waals surface area contributed by atoms with Crippen molar-refractivity contribution in [2.24, 2.45) is 0 Å². The Morgan fingerprint density at radius 3 is 2.46 bits per heavy atom. The van der Waals surface area contributed by atoms with E-state index in [-0.39, 0.29) is 5.91 Å². The van der Waals surface area contributed by atoms with E-state index >= 15 is 0 Å². The molecule has 0 radical (unpaired) electrons. The van der Waals surface area contributed by atoms with Crippen LogP contribution in [0.2, 0.25) is 0 Å². The lowest BCUT2D eigenvalue weighted by Gasteiger charge is -2.40. The third-order valence-electron chi connectivity index (χ3n) is 5.40. The number of nitrogens with zero attached hydrogens (tertiary/aromatic N) is 3. The van der Waals surface area contributed by atoms with Crippen LogP contribution in [-0.4, -0.2) is 69.1 Å². The molecule has 2 aromatic carbocycles. The summed E-state index contributed by atoms with van der Waals surface area (Å²) < 4.78 is 0. The highest BCUT2D eigenvalue weighted by atomic mass is 16.2. The molecule has 150 valence electrons. The molecule has 5 heteroatoms.